The molecular formula is C7H14N2O4. The molecule has 0 saturated heterocycles. The summed E-state index contributed by atoms with van der Waals surface area (Å²) in [7, 11) is 0. The second kappa shape index (κ2) is 3.68. The van der Waals surface area contributed by atoms with Gasteiger partial charge in [0.2, 0.25) is 11.6 Å². The standard InChI is InChI=1S/C7H14N2O4/c1-5(6(2)8(10)11)7(3,4)9(12)13/h5-6H,1-4H3. The van der Waals surface area contributed by atoms with Gasteiger partial charge in [0.25, 0.3) is 0 Å². The Kier molecular flexibility index (Phi) is 3.34. The summed E-state index contributed by atoms with van der Waals surface area (Å²) < 4.78 is 0. The van der Waals surface area contributed by atoms with Crippen molar-refractivity contribution in [1.29, 1.82) is 0 Å². The Balaban J connectivity index is 4.67. The molecule has 0 saturated carbocycles. The summed E-state index contributed by atoms with van der Waals surface area (Å²) in [5, 5.41) is 21.0. The van der Waals surface area contributed by atoms with E-state index in [9.17, 15) is 20.2 Å². The third-order valence-electron chi connectivity index (χ3n) is 2.64. The first-order valence-corrected chi connectivity index (χ1v) is 3.99. The SMILES string of the molecule is CC(C(C)C(C)(C)[N+](=O)[O-])[N+](=O)[O-]. The fourth-order valence-corrected chi connectivity index (χ4v) is 0.939. The highest BCUT2D eigenvalue weighted by atomic mass is 16.6. The Morgan fingerprint density at radius 3 is 1.77 bits per heavy atom. The van der Waals surface area contributed by atoms with Crippen LogP contribution in [0.5, 0.6) is 0 Å². The minimum Gasteiger partial charge on any atom is -0.264 e. The van der Waals surface area contributed by atoms with E-state index in [-0.39, 0.29) is 0 Å². The first-order valence-electron chi connectivity index (χ1n) is 3.99. The molecule has 6 nitrogen and oxygen atoms in total. The van der Waals surface area contributed by atoms with Crippen molar-refractivity contribution in [2.24, 2.45) is 5.92 Å². The van der Waals surface area contributed by atoms with E-state index in [1.54, 1.807) is 0 Å². The largest absolute Gasteiger partial charge is 0.264 e. The lowest BCUT2D eigenvalue weighted by molar-refractivity contribution is -0.599. The van der Waals surface area contributed by atoms with E-state index >= 15 is 0 Å². The summed E-state index contributed by atoms with van der Waals surface area (Å²) in [5.41, 5.74) is -1.26. The molecule has 0 heterocycles. The number of nitrogens with zero attached hydrogens (tertiary/aromatic N) is 2. The molecule has 0 aliphatic heterocycles. The van der Waals surface area contributed by atoms with Crippen LogP contribution in [0.3, 0.4) is 0 Å². The van der Waals surface area contributed by atoms with Gasteiger partial charge in [-0.2, -0.15) is 0 Å². The molecule has 0 aromatic heterocycles. The first-order chi connectivity index (χ1) is 5.71. The van der Waals surface area contributed by atoms with Crippen molar-refractivity contribution < 1.29 is 9.85 Å². The first kappa shape index (κ1) is 11.8. The minimum atomic E-state index is -1.26. The van der Waals surface area contributed by atoms with Crippen molar-refractivity contribution in [3.8, 4) is 0 Å². The van der Waals surface area contributed by atoms with Crippen molar-refractivity contribution >= 4 is 0 Å². The second-order valence-electron chi connectivity index (χ2n) is 3.73. The van der Waals surface area contributed by atoms with E-state index in [1.807, 2.05) is 0 Å². The van der Waals surface area contributed by atoms with Gasteiger partial charge in [0.1, 0.15) is 0 Å². The molecule has 0 rings (SSSR count). The van der Waals surface area contributed by atoms with Crippen LogP contribution in [0.25, 0.3) is 0 Å². The van der Waals surface area contributed by atoms with Gasteiger partial charge in [-0.3, -0.25) is 20.2 Å². The Morgan fingerprint density at radius 1 is 1.15 bits per heavy atom. The highest BCUT2D eigenvalue weighted by Crippen LogP contribution is 2.24. The summed E-state index contributed by atoms with van der Waals surface area (Å²) in [4.78, 5) is 20.0. The van der Waals surface area contributed by atoms with Crippen LogP contribution in [0.2, 0.25) is 0 Å². The highest BCUT2D eigenvalue weighted by molar-refractivity contribution is 4.78. The molecule has 0 aliphatic rings. The summed E-state index contributed by atoms with van der Waals surface area (Å²) in [6.45, 7) is 5.71. The molecule has 0 N–H and O–H groups in total. The maximum atomic E-state index is 10.6. The molecule has 0 spiro atoms. The monoisotopic (exact) mass is 190 g/mol. The quantitative estimate of drug-likeness (QED) is 0.494. The average Bonchev–Trinajstić information content (AvgIpc) is 2.01. The number of nitro groups is 2. The van der Waals surface area contributed by atoms with Crippen LogP contribution in [0, 0.1) is 26.1 Å². The van der Waals surface area contributed by atoms with Gasteiger partial charge >= 0.3 is 0 Å². The predicted octanol–water partition coefficient (Wildman–Crippen LogP) is 1.34. The maximum absolute atomic E-state index is 10.6. The zero-order chi connectivity index (χ0) is 10.8. The predicted molar refractivity (Wildman–Crippen MR) is 46.7 cm³/mol. The summed E-state index contributed by atoms with van der Waals surface area (Å²) in [6.07, 6.45) is 0. The van der Waals surface area contributed by atoms with Crippen LogP contribution >= 0.6 is 0 Å². The third-order valence-corrected chi connectivity index (χ3v) is 2.64. The molecule has 0 fully saturated rings. The highest BCUT2D eigenvalue weighted by Gasteiger charge is 2.45. The van der Waals surface area contributed by atoms with Gasteiger partial charge in [0.15, 0.2) is 0 Å². The molecule has 0 radical (unpaired) electrons. The third kappa shape index (κ3) is 2.37. The van der Waals surface area contributed by atoms with Gasteiger partial charge in [0, 0.05) is 30.6 Å². The molecule has 0 aromatic carbocycles. The van der Waals surface area contributed by atoms with Gasteiger partial charge in [-0.1, -0.05) is 0 Å². The Bertz CT molecular complexity index is 227. The fraction of sp³-hybridized carbons (Fsp3) is 1.00. The second-order valence-corrected chi connectivity index (χ2v) is 3.73. The molecule has 0 aliphatic carbocycles. The van der Waals surface area contributed by atoms with Crippen molar-refractivity contribution in [3.05, 3.63) is 20.2 Å². The number of hydrogen-bond donors (Lipinski definition) is 0. The maximum Gasteiger partial charge on any atom is 0.225 e. The van der Waals surface area contributed by atoms with Gasteiger partial charge < -0.3 is 0 Å². The molecule has 2 unspecified atom stereocenters. The molecule has 2 atom stereocenters. The van der Waals surface area contributed by atoms with E-state index in [0.29, 0.717) is 0 Å². The van der Waals surface area contributed by atoms with E-state index in [4.69, 9.17) is 0 Å². The number of rotatable bonds is 4. The van der Waals surface area contributed by atoms with Crippen LogP contribution < -0.4 is 0 Å². The normalized spacial score (nSPS) is 16.3. The van der Waals surface area contributed by atoms with Crippen LogP contribution in [0.1, 0.15) is 27.7 Å². The molecule has 6 heteroatoms. The zero-order valence-electron chi connectivity index (χ0n) is 8.18. The smallest absolute Gasteiger partial charge is 0.225 e. The molecular weight excluding hydrogens is 176 g/mol. The molecule has 13 heavy (non-hydrogen) atoms. The van der Waals surface area contributed by atoms with Gasteiger partial charge in [-0.05, 0) is 6.92 Å². The Labute approximate surface area is 76.2 Å². The van der Waals surface area contributed by atoms with Gasteiger partial charge in [0.05, 0.1) is 5.92 Å². The zero-order valence-corrected chi connectivity index (χ0v) is 8.18. The Morgan fingerprint density at radius 2 is 1.54 bits per heavy atom. The lowest BCUT2D eigenvalue weighted by Crippen LogP contribution is -2.45. The fourth-order valence-electron chi connectivity index (χ4n) is 0.939. The van der Waals surface area contributed by atoms with Crippen molar-refractivity contribution in [3.63, 3.8) is 0 Å². The molecule has 0 amide bonds. The topological polar surface area (TPSA) is 86.3 Å². The van der Waals surface area contributed by atoms with Crippen LogP contribution in [0.4, 0.5) is 0 Å². The van der Waals surface area contributed by atoms with E-state index in [2.05, 4.69) is 0 Å². The summed E-state index contributed by atoms with van der Waals surface area (Å²) in [6, 6.07) is -0.902. The summed E-state index contributed by atoms with van der Waals surface area (Å²) in [5.74, 6) is -0.600. The van der Waals surface area contributed by atoms with Crippen LogP contribution in [-0.4, -0.2) is 21.4 Å². The average molecular weight is 190 g/mol. The lowest BCUT2D eigenvalue weighted by atomic mass is 9.85. The van der Waals surface area contributed by atoms with Crippen molar-refractivity contribution in [2.75, 3.05) is 0 Å². The van der Waals surface area contributed by atoms with E-state index in [0.717, 1.165) is 0 Å². The molecule has 0 aromatic rings. The summed E-state index contributed by atoms with van der Waals surface area (Å²) >= 11 is 0. The van der Waals surface area contributed by atoms with E-state index < -0.39 is 27.3 Å². The number of hydrogen-bond acceptors (Lipinski definition) is 4. The lowest BCUT2D eigenvalue weighted by Gasteiger charge is -2.23. The molecule has 0 bridgehead atoms. The van der Waals surface area contributed by atoms with Crippen molar-refractivity contribution in [1.82, 2.24) is 0 Å². The van der Waals surface area contributed by atoms with Gasteiger partial charge in [-0.15, -0.1) is 0 Å². The Hall–Kier alpha value is -1.20. The minimum absolute atomic E-state index is 0.475. The van der Waals surface area contributed by atoms with Gasteiger partial charge in [-0.25, -0.2) is 0 Å². The van der Waals surface area contributed by atoms with Crippen molar-refractivity contribution in [2.45, 2.75) is 39.3 Å². The van der Waals surface area contributed by atoms with Crippen LogP contribution in [-0.2, 0) is 0 Å². The van der Waals surface area contributed by atoms with Crippen LogP contribution in [0.15, 0.2) is 0 Å². The molecule has 76 valence electrons. The van der Waals surface area contributed by atoms with E-state index in [1.165, 1.54) is 27.7 Å².